The second kappa shape index (κ2) is 9.09. The first kappa shape index (κ1) is 22.4. The van der Waals surface area contributed by atoms with Crippen molar-refractivity contribution in [1.29, 1.82) is 0 Å². The maximum absolute atomic E-state index is 13.0. The summed E-state index contributed by atoms with van der Waals surface area (Å²) in [6.07, 6.45) is 1.38. The van der Waals surface area contributed by atoms with Crippen LogP contribution >= 0.6 is 0 Å². The highest BCUT2D eigenvalue weighted by Gasteiger charge is 2.31. The standard InChI is InChI=1S/C21H27N3O4S/c1-6-20(21(26)23-18-9-7-8-17(13-18)22-16(4)25)24(29(5,27)28)19-11-10-14(2)15(3)12-19/h7-13,20H,6H2,1-5H3,(H,22,25)(H,23,26)/t20-/m1/s1. The summed E-state index contributed by atoms with van der Waals surface area (Å²) >= 11 is 0. The molecule has 0 bridgehead atoms. The summed E-state index contributed by atoms with van der Waals surface area (Å²) in [4.78, 5) is 24.2. The second-order valence-corrected chi connectivity index (χ2v) is 8.86. The van der Waals surface area contributed by atoms with Gasteiger partial charge in [0.05, 0.1) is 11.9 Å². The zero-order valence-corrected chi connectivity index (χ0v) is 18.1. The summed E-state index contributed by atoms with van der Waals surface area (Å²) in [7, 11) is -3.70. The van der Waals surface area contributed by atoms with Gasteiger partial charge >= 0.3 is 0 Å². The Labute approximate surface area is 172 Å². The molecule has 0 fully saturated rings. The van der Waals surface area contributed by atoms with Crippen molar-refractivity contribution in [3.63, 3.8) is 0 Å². The Bertz CT molecular complexity index is 1020. The lowest BCUT2D eigenvalue weighted by molar-refractivity contribution is -0.117. The van der Waals surface area contributed by atoms with Crippen LogP contribution < -0.4 is 14.9 Å². The Morgan fingerprint density at radius 2 is 1.62 bits per heavy atom. The van der Waals surface area contributed by atoms with Gasteiger partial charge in [0, 0.05) is 18.3 Å². The fourth-order valence-corrected chi connectivity index (χ4v) is 4.23. The first-order valence-electron chi connectivity index (χ1n) is 9.28. The van der Waals surface area contributed by atoms with Crippen LogP contribution in [0.2, 0.25) is 0 Å². The number of nitrogens with zero attached hydrogens (tertiary/aromatic N) is 1. The number of benzene rings is 2. The van der Waals surface area contributed by atoms with Crippen LogP contribution in [0.3, 0.4) is 0 Å². The van der Waals surface area contributed by atoms with Crippen molar-refractivity contribution >= 4 is 38.9 Å². The van der Waals surface area contributed by atoms with Crippen molar-refractivity contribution < 1.29 is 18.0 Å². The van der Waals surface area contributed by atoms with E-state index in [-0.39, 0.29) is 12.3 Å². The van der Waals surface area contributed by atoms with Gasteiger partial charge in [-0.2, -0.15) is 0 Å². The SMILES string of the molecule is CC[C@H](C(=O)Nc1cccc(NC(C)=O)c1)N(c1ccc(C)c(C)c1)S(C)(=O)=O. The number of aryl methyl sites for hydroxylation is 2. The van der Waals surface area contributed by atoms with Crippen molar-refractivity contribution in [2.75, 3.05) is 21.2 Å². The summed E-state index contributed by atoms with van der Waals surface area (Å²) in [5.41, 5.74) is 3.43. The zero-order valence-electron chi connectivity index (χ0n) is 17.3. The van der Waals surface area contributed by atoms with Gasteiger partial charge in [-0.25, -0.2) is 8.42 Å². The molecule has 0 aromatic heterocycles. The smallest absolute Gasteiger partial charge is 0.248 e. The van der Waals surface area contributed by atoms with E-state index >= 15 is 0 Å². The number of sulfonamides is 1. The molecule has 2 rings (SSSR count). The van der Waals surface area contributed by atoms with Gasteiger partial charge in [-0.1, -0.05) is 19.1 Å². The monoisotopic (exact) mass is 417 g/mol. The summed E-state index contributed by atoms with van der Waals surface area (Å²) in [5, 5.41) is 5.41. The molecular weight excluding hydrogens is 390 g/mol. The molecule has 2 N–H and O–H groups in total. The molecule has 7 nitrogen and oxygen atoms in total. The van der Waals surface area contributed by atoms with Crippen molar-refractivity contribution in [3.8, 4) is 0 Å². The zero-order chi connectivity index (χ0) is 21.8. The van der Waals surface area contributed by atoms with E-state index in [2.05, 4.69) is 10.6 Å². The number of hydrogen-bond acceptors (Lipinski definition) is 4. The molecular formula is C21H27N3O4S. The molecule has 0 aliphatic heterocycles. The molecule has 156 valence electrons. The molecule has 1 atom stereocenters. The van der Waals surface area contributed by atoms with Crippen LogP contribution in [-0.2, 0) is 19.6 Å². The molecule has 29 heavy (non-hydrogen) atoms. The lowest BCUT2D eigenvalue weighted by Crippen LogP contribution is -2.47. The molecule has 0 heterocycles. The normalized spacial score (nSPS) is 12.2. The summed E-state index contributed by atoms with van der Waals surface area (Å²) in [5.74, 6) is -0.672. The number of rotatable bonds is 7. The summed E-state index contributed by atoms with van der Waals surface area (Å²) in [6, 6.07) is 11.1. The topological polar surface area (TPSA) is 95.6 Å². The van der Waals surface area contributed by atoms with E-state index in [1.807, 2.05) is 19.9 Å². The number of nitrogens with one attached hydrogen (secondary N) is 2. The lowest BCUT2D eigenvalue weighted by atomic mass is 10.1. The Kier molecular flexibility index (Phi) is 7.02. The van der Waals surface area contributed by atoms with Crippen LogP contribution in [0, 0.1) is 13.8 Å². The van der Waals surface area contributed by atoms with Crippen molar-refractivity contribution in [1.82, 2.24) is 0 Å². The molecule has 0 saturated heterocycles. The number of amides is 2. The largest absolute Gasteiger partial charge is 0.326 e. The second-order valence-electron chi connectivity index (χ2n) is 7.00. The fraction of sp³-hybridized carbons (Fsp3) is 0.333. The van der Waals surface area contributed by atoms with Crippen LogP contribution in [0.4, 0.5) is 17.1 Å². The highest BCUT2D eigenvalue weighted by atomic mass is 32.2. The molecule has 0 saturated carbocycles. The Hall–Kier alpha value is -2.87. The van der Waals surface area contributed by atoms with Gasteiger partial charge in [-0.15, -0.1) is 0 Å². The van der Waals surface area contributed by atoms with Crippen LogP contribution in [0.25, 0.3) is 0 Å². The third kappa shape index (κ3) is 5.80. The minimum absolute atomic E-state index is 0.224. The van der Waals surface area contributed by atoms with E-state index in [0.29, 0.717) is 17.1 Å². The minimum Gasteiger partial charge on any atom is -0.326 e. The maximum atomic E-state index is 13.0. The van der Waals surface area contributed by atoms with Gasteiger partial charge in [0.1, 0.15) is 6.04 Å². The van der Waals surface area contributed by atoms with E-state index in [1.54, 1.807) is 43.3 Å². The van der Waals surface area contributed by atoms with Crippen LogP contribution in [-0.4, -0.2) is 32.5 Å². The van der Waals surface area contributed by atoms with Crippen molar-refractivity contribution in [2.45, 2.75) is 40.2 Å². The lowest BCUT2D eigenvalue weighted by Gasteiger charge is -2.30. The quantitative estimate of drug-likeness (QED) is 0.721. The van der Waals surface area contributed by atoms with Crippen molar-refractivity contribution in [2.24, 2.45) is 0 Å². The van der Waals surface area contributed by atoms with E-state index < -0.39 is 22.0 Å². The number of carbonyl (C=O) groups excluding carboxylic acids is 2. The van der Waals surface area contributed by atoms with Gasteiger partial charge < -0.3 is 10.6 Å². The molecule has 0 spiro atoms. The molecule has 0 unspecified atom stereocenters. The molecule has 8 heteroatoms. The number of hydrogen-bond donors (Lipinski definition) is 2. The Morgan fingerprint density at radius 3 is 2.14 bits per heavy atom. The van der Waals surface area contributed by atoms with Gasteiger partial charge in [0.2, 0.25) is 21.8 Å². The Balaban J connectivity index is 2.36. The van der Waals surface area contributed by atoms with Crippen molar-refractivity contribution in [3.05, 3.63) is 53.6 Å². The molecule has 2 aromatic rings. The van der Waals surface area contributed by atoms with E-state index in [9.17, 15) is 18.0 Å². The summed E-state index contributed by atoms with van der Waals surface area (Å²) < 4.78 is 26.3. The van der Waals surface area contributed by atoms with Gasteiger partial charge in [-0.05, 0) is 61.7 Å². The highest BCUT2D eigenvalue weighted by molar-refractivity contribution is 7.92. The fourth-order valence-electron chi connectivity index (χ4n) is 3.03. The third-order valence-corrected chi connectivity index (χ3v) is 5.71. The first-order chi connectivity index (χ1) is 13.5. The molecule has 2 amide bonds. The summed E-state index contributed by atoms with van der Waals surface area (Å²) in [6.45, 7) is 6.99. The van der Waals surface area contributed by atoms with E-state index in [0.717, 1.165) is 21.7 Å². The highest BCUT2D eigenvalue weighted by Crippen LogP contribution is 2.26. The Morgan fingerprint density at radius 1 is 1.00 bits per heavy atom. The first-order valence-corrected chi connectivity index (χ1v) is 11.1. The number of anilines is 3. The predicted molar refractivity (Wildman–Crippen MR) is 117 cm³/mol. The van der Waals surface area contributed by atoms with Gasteiger partial charge in [0.25, 0.3) is 0 Å². The minimum atomic E-state index is -3.70. The molecule has 0 aliphatic carbocycles. The molecule has 2 aromatic carbocycles. The molecule has 0 radical (unpaired) electrons. The van der Waals surface area contributed by atoms with Gasteiger partial charge in [-0.3, -0.25) is 13.9 Å². The average Bonchev–Trinajstić information content (AvgIpc) is 2.60. The maximum Gasteiger partial charge on any atom is 0.248 e. The van der Waals surface area contributed by atoms with E-state index in [1.165, 1.54) is 6.92 Å². The van der Waals surface area contributed by atoms with Crippen LogP contribution in [0.15, 0.2) is 42.5 Å². The average molecular weight is 418 g/mol. The van der Waals surface area contributed by atoms with E-state index in [4.69, 9.17) is 0 Å². The van der Waals surface area contributed by atoms with Crippen LogP contribution in [0.1, 0.15) is 31.4 Å². The third-order valence-electron chi connectivity index (χ3n) is 4.53. The molecule has 0 aliphatic rings. The van der Waals surface area contributed by atoms with Gasteiger partial charge in [0.15, 0.2) is 0 Å². The predicted octanol–water partition coefficient (Wildman–Crippen LogP) is 3.45. The van der Waals surface area contributed by atoms with Crippen LogP contribution in [0.5, 0.6) is 0 Å². The number of carbonyl (C=O) groups is 2.